The number of nitrogen functional groups attached to an aromatic ring is 1. The lowest BCUT2D eigenvalue weighted by Gasteiger charge is -2.33. The second-order valence-electron chi connectivity index (χ2n) is 6.20. The van der Waals surface area contributed by atoms with Gasteiger partial charge in [-0.15, -0.1) is 0 Å². The van der Waals surface area contributed by atoms with E-state index in [0.717, 1.165) is 48.9 Å². The Morgan fingerprint density at radius 3 is 2.48 bits per heavy atom. The van der Waals surface area contributed by atoms with Crippen LogP contribution in [0.1, 0.15) is 0 Å². The Balaban J connectivity index is 1.93. The second kappa shape index (κ2) is 6.42. The number of aromatic nitrogens is 2. The fourth-order valence-electron chi connectivity index (χ4n) is 2.74. The molecule has 0 saturated carbocycles. The molecule has 2 N–H and O–H groups in total. The van der Waals surface area contributed by atoms with Crippen LogP contribution in [0.15, 0.2) is 30.3 Å². The Hall–Kier alpha value is -2.34. The Bertz CT molecular complexity index is 677. The van der Waals surface area contributed by atoms with Gasteiger partial charge in [-0.1, -0.05) is 12.1 Å². The summed E-state index contributed by atoms with van der Waals surface area (Å²) in [6.45, 7) is 4.00. The standard InChI is InChI=1S/C17H24N6/c1-21(2)14-6-4-5-13(11-14)15-12-16(20-17(18)19-15)23-9-7-22(3)8-10-23/h4-6,11-12H,7-10H2,1-3H3,(H2,18,19,20). The molecule has 0 spiro atoms. The molecule has 2 heterocycles. The van der Waals surface area contributed by atoms with Crippen molar-refractivity contribution in [3.05, 3.63) is 30.3 Å². The maximum atomic E-state index is 5.96. The Morgan fingerprint density at radius 1 is 1.04 bits per heavy atom. The van der Waals surface area contributed by atoms with Crippen LogP contribution in [0.3, 0.4) is 0 Å². The van der Waals surface area contributed by atoms with Gasteiger partial charge in [-0.2, -0.15) is 4.98 Å². The topological polar surface area (TPSA) is 61.5 Å². The van der Waals surface area contributed by atoms with E-state index in [1.807, 2.05) is 26.2 Å². The molecule has 0 atom stereocenters. The third kappa shape index (κ3) is 3.53. The number of likely N-dealkylation sites (N-methyl/N-ethyl adjacent to an activating group) is 1. The first-order valence-electron chi connectivity index (χ1n) is 7.89. The molecule has 1 fully saturated rings. The minimum absolute atomic E-state index is 0.326. The highest BCUT2D eigenvalue weighted by Crippen LogP contribution is 2.26. The molecule has 3 rings (SSSR count). The summed E-state index contributed by atoms with van der Waals surface area (Å²) in [6, 6.07) is 10.3. The molecule has 1 aliphatic rings. The molecule has 0 amide bonds. The molecule has 23 heavy (non-hydrogen) atoms. The van der Waals surface area contributed by atoms with Crippen molar-refractivity contribution in [3.63, 3.8) is 0 Å². The fourth-order valence-corrected chi connectivity index (χ4v) is 2.74. The predicted octanol–water partition coefficient (Wildman–Crippen LogP) is 1.54. The third-order valence-electron chi connectivity index (χ3n) is 4.22. The molecule has 0 aliphatic carbocycles. The molecule has 2 aromatic rings. The number of hydrogen-bond acceptors (Lipinski definition) is 6. The number of nitrogens with zero attached hydrogens (tertiary/aromatic N) is 5. The van der Waals surface area contributed by atoms with Crippen LogP contribution in [0.2, 0.25) is 0 Å². The summed E-state index contributed by atoms with van der Waals surface area (Å²) >= 11 is 0. The Labute approximate surface area is 137 Å². The lowest BCUT2D eigenvalue weighted by molar-refractivity contribution is 0.312. The summed E-state index contributed by atoms with van der Waals surface area (Å²) < 4.78 is 0. The van der Waals surface area contributed by atoms with E-state index in [2.05, 4.69) is 49.9 Å². The summed E-state index contributed by atoms with van der Waals surface area (Å²) in [5, 5.41) is 0. The van der Waals surface area contributed by atoms with Crippen molar-refractivity contribution in [2.75, 3.05) is 62.9 Å². The van der Waals surface area contributed by atoms with Crippen LogP contribution < -0.4 is 15.5 Å². The molecule has 6 nitrogen and oxygen atoms in total. The zero-order valence-corrected chi connectivity index (χ0v) is 14.0. The normalized spacial score (nSPS) is 15.7. The van der Waals surface area contributed by atoms with Gasteiger partial charge >= 0.3 is 0 Å². The molecular weight excluding hydrogens is 288 g/mol. The van der Waals surface area contributed by atoms with Gasteiger partial charge in [0.2, 0.25) is 5.95 Å². The van der Waals surface area contributed by atoms with E-state index in [0.29, 0.717) is 5.95 Å². The zero-order chi connectivity index (χ0) is 16.4. The highest BCUT2D eigenvalue weighted by molar-refractivity contribution is 5.68. The number of benzene rings is 1. The van der Waals surface area contributed by atoms with Crippen LogP contribution in [0.25, 0.3) is 11.3 Å². The van der Waals surface area contributed by atoms with Crippen molar-refractivity contribution in [2.45, 2.75) is 0 Å². The average Bonchev–Trinajstić information content (AvgIpc) is 2.55. The van der Waals surface area contributed by atoms with E-state index in [1.165, 1.54) is 0 Å². The van der Waals surface area contributed by atoms with Crippen LogP contribution in [-0.4, -0.2) is 62.2 Å². The second-order valence-corrected chi connectivity index (χ2v) is 6.20. The number of rotatable bonds is 3. The minimum Gasteiger partial charge on any atom is -0.378 e. The summed E-state index contributed by atoms with van der Waals surface area (Å²) in [5.74, 6) is 1.24. The number of anilines is 3. The van der Waals surface area contributed by atoms with E-state index in [9.17, 15) is 0 Å². The summed E-state index contributed by atoms with van der Waals surface area (Å²) in [7, 11) is 6.20. The van der Waals surface area contributed by atoms with E-state index in [4.69, 9.17) is 5.73 Å². The van der Waals surface area contributed by atoms with E-state index < -0.39 is 0 Å². The lowest BCUT2D eigenvalue weighted by Crippen LogP contribution is -2.44. The zero-order valence-electron chi connectivity index (χ0n) is 14.0. The summed E-state index contributed by atoms with van der Waals surface area (Å²) in [4.78, 5) is 15.5. The van der Waals surface area contributed by atoms with Gasteiger partial charge in [0.15, 0.2) is 0 Å². The Kier molecular flexibility index (Phi) is 4.34. The third-order valence-corrected chi connectivity index (χ3v) is 4.22. The van der Waals surface area contributed by atoms with Crippen molar-refractivity contribution in [2.24, 2.45) is 0 Å². The highest BCUT2D eigenvalue weighted by atomic mass is 15.3. The predicted molar refractivity (Wildman–Crippen MR) is 95.9 cm³/mol. The average molecular weight is 312 g/mol. The SMILES string of the molecule is CN1CCN(c2cc(-c3cccc(N(C)C)c3)nc(N)n2)CC1. The molecule has 0 bridgehead atoms. The van der Waals surface area contributed by atoms with Gasteiger partial charge in [-0.05, 0) is 19.2 Å². The van der Waals surface area contributed by atoms with Crippen LogP contribution >= 0.6 is 0 Å². The van der Waals surface area contributed by atoms with Gasteiger partial charge in [-0.3, -0.25) is 0 Å². The molecule has 1 aromatic carbocycles. The fraction of sp³-hybridized carbons (Fsp3) is 0.412. The van der Waals surface area contributed by atoms with Gasteiger partial charge in [0.05, 0.1) is 5.69 Å². The minimum atomic E-state index is 0.326. The van der Waals surface area contributed by atoms with Gasteiger partial charge in [0.25, 0.3) is 0 Å². The lowest BCUT2D eigenvalue weighted by atomic mass is 10.1. The van der Waals surface area contributed by atoms with Crippen molar-refractivity contribution >= 4 is 17.5 Å². The van der Waals surface area contributed by atoms with Crippen molar-refractivity contribution in [1.82, 2.24) is 14.9 Å². The summed E-state index contributed by atoms with van der Waals surface area (Å²) in [5.41, 5.74) is 9.03. The van der Waals surface area contributed by atoms with Crippen LogP contribution in [0, 0.1) is 0 Å². The molecule has 1 aliphatic heterocycles. The molecule has 6 heteroatoms. The largest absolute Gasteiger partial charge is 0.378 e. The molecular formula is C17H24N6. The maximum Gasteiger partial charge on any atom is 0.222 e. The molecule has 0 radical (unpaired) electrons. The van der Waals surface area contributed by atoms with E-state index >= 15 is 0 Å². The number of piperazine rings is 1. The van der Waals surface area contributed by atoms with E-state index in [1.54, 1.807) is 0 Å². The van der Waals surface area contributed by atoms with Gasteiger partial charge in [-0.25, -0.2) is 4.98 Å². The summed E-state index contributed by atoms with van der Waals surface area (Å²) in [6.07, 6.45) is 0. The highest BCUT2D eigenvalue weighted by Gasteiger charge is 2.17. The molecule has 1 saturated heterocycles. The van der Waals surface area contributed by atoms with Crippen molar-refractivity contribution in [1.29, 1.82) is 0 Å². The number of hydrogen-bond donors (Lipinski definition) is 1. The van der Waals surface area contributed by atoms with Gasteiger partial charge < -0.3 is 20.4 Å². The number of nitrogens with two attached hydrogens (primary N) is 1. The Morgan fingerprint density at radius 2 is 1.78 bits per heavy atom. The van der Waals surface area contributed by atoms with E-state index in [-0.39, 0.29) is 0 Å². The van der Waals surface area contributed by atoms with Crippen LogP contribution in [-0.2, 0) is 0 Å². The van der Waals surface area contributed by atoms with Gasteiger partial charge in [0, 0.05) is 57.6 Å². The van der Waals surface area contributed by atoms with Crippen molar-refractivity contribution in [3.8, 4) is 11.3 Å². The first-order valence-corrected chi connectivity index (χ1v) is 7.89. The monoisotopic (exact) mass is 312 g/mol. The van der Waals surface area contributed by atoms with Gasteiger partial charge in [0.1, 0.15) is 5.82 Å². The van der Waals surface area contributed by atoms with Crippen LogP contribution in [0.5, 0.6) is 0 Å². The first kappa shape index (κ1) is 15.6. The molecule has 122 valence electrons. The molecule has 0 unspecified atom stereocenters. The molecule has 1 aromatic heterocycles. The smallest absolute Gasteiger partial charge is 0.222 e. The van der Waals surface area contributed by atoms with Crippen molar-refractivity contribution < 1.29 is 0 Å². The quantitative estimate of drug-likeness (QED) is 0.928. The van der Waals surface area contributed by atoms with Crippen LogP contribution in [0.4, 0.5) is 17.5 Å². The maximum absolute atomic E-state index is 5.96. The first-order chi connectivity index (χ1) is 11.0.